The molecule has 0 aromatic heterocycles. The minimum atomic E-state index is -3.21. The zero-order valence-corrected chi connectivity index (χ0v) is 12.6. The van der Waals surface area contributed by atoms with E-state index in [1.54, 1.807) is 30.3 Å². The molecular weight excluding hydrogens is 342 g/mol. The number of carbonyl (C=O) groups is 1. The summed E-state index contributed by atoms with van der Waals surface area (Å²) in [7, 11) is 0. The van der Waals surface area contributed by atoms with Crippen molar-refractivity contribution in [1.82, 2.24) is 0 Å². The van der Waals surface area contributed by atoms with E-state index in [2.05, 4.69) is 15.9 Å². The number of hydrogen-bond acceptors (Lipinski definition) is 1. The number of rotatable bonds is 5. The Kier molecular flexibility index (Phi) is 4.73. The molecule has 0 aliphatic carbocycles. The van der Waals surface area contributed by atoms with Crippen LogP contribution in [0.25, 0.3) is 0 Å². The Morgan fingerprint density at radius 1 is 1.10 bits per heavy atom. The Hall–Kier alpha value is -1.75. The van der Waals surface area contributed by atoms with Crippen molar-refractivity contribution in [2.24, 2.45) is 0 Å². The van der Waals surface area contributed by atoms with Crippen LogP contribution in [0.3, 0.4) is 0 Å². The molecule has 0 bridgehead atoms. The monoisotopic (exact) mass is 354 g/mol. The summed E-state index contributed by atoms with van der Waals surface area (Å²) in [6.07, 6.45) is -0.783. The summed E-state index contributed by atoms with van der Waals surface area (Å²) in [5.74, 6) is -5.76. The molecule has 0 amide bonds. The van der Waals surface area contributed by atoms with Crippen LogP contribution in [0.4, 0.5) is 8.78 Å². The van der Waals surface area contributed by atoms with E-state index in [0.29, 0.717) is 10.0 Å². The highest BCUT2D eigenvalue weighted by Crippen LogP contribution is 2.39. The Balaban J connectivity index is 2.33. The third-order valence-electron chi connectivity index (χ3n) is 3.24. The van der Waals surface area contributed by atoms with E-state index in [1.807, 2.05) is 0 Å². The molecule has 1 N–H and O–H groups in total. The van der Waals surface area contributed by atoms with E-state index in [0.717, 1.165) is 0 Å². The van der Waals surface area contributed by atoms with Crippen molar-refractivity contribution in [2.45, 2.75) is 18.3 Å². The summed E-state index contributed by atoms with van der Waals surface area (Å²) in [4.78, 5) is 11.4. The number of aliphatic carboxylic acids is 1. The first kappa shape index (κ1) is 15.6. The number of benzene rings is 2. The second kappa shape index (κ2) is 6.35. The molecule has 0 radical (unpaired) electrons. The van der Waals surface area contributed by atoms with E-state index in [9.17, 15) is 18.7 Å². The SMILES string of the molecule is O=C(O)C(CC(F)(F)c1ccccc1)c1ccccc1Br. The fourth-order valence-electron chi connectivity index (χ4n) is 2.14. The van der Waals surface area contributed by atoms with E-state index >= 15 is 0 Å². The van der Waals surface area contributed by atoms with Crippen molar-refractivity contribution in [2.75, 3.05) is 0 Å². The Bertz CT molecular complexity index is 629. The summed E-state index contributed by atoms with van der Waals surface area (Å²) in [5, 5.41) is 9.31. The van der Waals surface area contributed by atoms with E-state index < -0.39 is 24.2 Å². The highest BCUT2D eigenvalue weighted by atomic mass is 79.9. The van der Waals surface area contributed by atoms with Crippen LogP contribution in [-0.2, 0) is 10.7 Å². The molecule has 110 valence electrons. The molecule has 0 aliphatic heterocycles. The first-order valence-corrected chi connectivity index (χ1v) is 7.11. The highest BCUT2D eigenvalue weighted by Gasteiger charge is 2.38. The lowest BCUT2D eigenvalue weighted by atomic mass is 9.90. The van der Waals surface area contributed by atoms with Crippen LogP contribution < -0.4 is 0 Å². The van der Waals surface area contributed by atoms with Crippen LogP contribution in [-0.4, -0.2) is 11.1 Å². The Morgan fingerprint density at radius 2 is 1.67 bits per heavy atom. The fourth-order valence-corrected chi connectivity index (χ4v) is 2.71. The molecular formula is C16H13BrF2O2. The molecule has 1 unspecified atom stereocenters. The lowest BCUT2D eigenvalue weighted by molar-refractivity contribution is -0.141. The first-order valence-electron chi connectivity index (χ1n) is 6.32. The van der Waals surface area contributed by atoms with Crippen LogP contribution in [0, 0.1) is 0 Å². The summed E-state index contributed by atoms with van der Waals surface area (Å²) in [5.41, 5.74) is 0.170. The highest BCUT2D eigenvalue weighted by molar-refractivity contribution is 9.10. The molecule has 5 heteroatoms. The number of halogens is 3. The molecule has 1 atom stereocenters. The lowest BCUT2D eigenvalue weighted by Crippen LogP contribution is -2.23. The van der Waals surface area contributed by atoms with Crippen molar-refractivity contribution in [3.63, 3.8) is 0 Å². The quantitative estimate of drug-likeness (QED) is 0.837. The minimum absolute atomic E-state index is 0.177. The maximum Gasteiger partial charge on any atom is 0.311 e. The summed E-state index contributed by atoms with van der Waals surface area (Å²) in [6.45, 7) is 0. The molecule has 2 aromatic rings. The molecule has 0 heterocycles. The van der Waals surface area contributed by atoms with Gasteiger partial charge in [-0.25, -0.2) is 8.78 Å². The minimum Gasteiger partial charge on any atom is -0.481 e. The van der Waals surface area contributed by atoms with Crippen LogP contribution >= 0.6 is 15.9 Å². The normalized spacial score (nSPS) is 12.9. The largest absolute Gasteiger partial charge is 0.481 e. The molecule has 0 aliphatic rings. The molecule has 0 saturated carbocycles. The topological polar surface area (TPSA) is 37.3 Å². The van der Waals surface area contributed by atoms with Gasteiger partial charge in [-0.1, -0.05) is 64.5 Å². The van der Waals surface area contributed by atoms with Crippen molar-refractivity contribution >= 4 is 21.9 Å². The molecule has 2 nitrogen and oxygen atoms in total. The van der Waals surface area contributed by atoms with Gasteiger partial charge in [0.1, 0.15) is 0 Å². The predicted molar refractivity (Wildman–Crippen MR) is 79.5 cm³/mol. The molecule has 0 spiro atoms. The van der Waals surface area contributed by atoms with Crippen molar-refractivity contribution in [3.05, 3.63) is 70.2 Å². The molecule has 0 fully saturated rings. The third-order valence-corrected chi connectivity index (χ3v) is 3.96. The summed E-state index contributed by atoms with van der Waals surface area (Å²) >= 11 is 3.22. The van der Waals surface area contributed by atoms with Gasteiger partial charge in [-0.15, -0.1) is 0 Å². The second-order valence-electron chi connectivity index (χ2n) is 4.69. The van der Waals surface area contributed by atoms with Gasteiger partial charge in [0.2, 0.25) is 0 Å². The summed E-state index contributed by atoms with van der Waals surface area (Å²) < 4.78 is 29.1. The number of hydrogen-bond donors (Lipinski definition) is 1. The average molecular weight is 355 g/mol. The molecule has 0 saturated heterocycles. The lowest BCUT2D eigenvalue weighted by Gasteiger charge is -2.22. The average Bonchev–Trinajstić information content (AvgIpc) is 2.46. The van der Waals surface area contributed by atoms with Crippen LogP contribution in [0.15, 0.2) is 59.1 Å². The molecule has 21 heavy (non-hydrogen) atoms. The van der Waals surface area contributed by atoms with Gasteiger partial charge in [0, 0.05) is 16.5 Å². The standard InChI is InChI=1S/C16H13BrF2O2/c17-14-9-5-4-8-12(14)13(15(20)21)10-16(18,19)11-6-2-1-3-7-11/h1-9,13H,10H2,(H,20,21). The van der Waals surface area contributed by atoms with E-state index in [-0.39, 0.29) is 5.56 Å². The van der Waals surface area contributed by atoms with Gasteiger partial charge in [0.25, 0.3) is 5.92 Å². The van der Waals surface area contributed by atoms with E-state index in [4.69, 9.17) is 0 Å². The molecule has 2 aromatic carbocycles. The van der Waals surface area contributed by atoms with Gasteiger partial charge in [0.15, 0.2) is 0 Å². The van der Waals surface area contributed by atoms with Gasteiger partial charge in [-0.05, 0) is 11.6 Å². The van der Waals surface area contributed by atoms with Gasteiger partial charge in [-0.2, -0.15) is 0 Å². The maximum absolute atomic E-state index is 14.3. The third kappa shape index (κ3) is 3.67. The number of alkyl halides is 2. The number of carboxylic acids is 1. The van der Waals surface area contributed by atoms with Gasteiger partial charge in [0.05, 0.1) is 5.92 Å². The van der Waals surface area contributed by atoms with Gasteiger partial charge < -0.3 is 5.11 Å². The van der Waals surface area contributed by atoms with Crippen LogP contribution in [0.2, 0.25) is 0 Å². The summed E-state index contributed by atoms with van der Waals surface area (Å²) in [6, 6.07) is 13.8. The Morgan fingerprint density at radius 3 is 2.24 bits per heavy atom. The fraction of sp³-hybridized carbons (Fsp3) is 0.188. The van der Waals surface area contributed by atoms with Crippen LogP contribution in [0.5, 0.6) is 0 Å². The van der Waals surface area contributed by atoms with Crippen molar-refractivity contribution in [1.29, 1.82) is 0 Å². The number of carboxylic acid groups (broad SMARTS) is 1. The van der Waals surface area contributed by atoms with E-state index in [1.165, 1.54) is 24.3 Å². The zero-order valence-electron chi connectivity index (χ0n) is 11.0. The van der Waals surface area contributed by atoms with Crippen molar-refractivity contribution < 1.29 is 18.7 Å². The first-order chi connectivity index (χ1) is 9.92. The zero-order chi connectivity index (χ0) is 15.5. The van der Waals surface area contributed by atoms with Gasteiger partial charge >= 0.3 is 5.97 Å². The smallest absolute Gasteiger partial charge is 0.311 e. The van der Waals surface area contributed by atoms with Crippen LogP contribution in [0.1, 0.15) is 23.5 Å². The Labute approximate surface area is 129 Å². The molecule has 2 rings (SSSR count). The maximum atomic E-state index is 14.3. The predicted octanol–water partition coefficient (Wildman–Crippen LogP) is 4.80. The van der Waals surface area contributed by atoms with Gasteiger partial charge in [-0.3, -0.25) is 4.79 Å². The second-order valence-corrected chi connectivity index (χ2v) is 5.54. The van der Waals surface area contributed by atoms with Crippen molar-refractivity contribution in [3.8, 4) is 0 Å².